The van der Waals surface area contributed by atoms with Gasteiger partial charge in [-0.15, -0.1) is 0 Å². The third-order valence-corrected chi connectivity index (χ3v) is 1.74. The summed E-state index contributed by atoms with van der Waals surface area (Å²) in [5.41, 5.74) is 1.31. The molecule has 0 aliphatic rings. The van der Waals surface area contributed by atoms with E-state index >= 15 is 0 Å². The Kier molecular flexibility index (Phi) is 2.75. The summed E-state index contributed by atoms with van der Waals surface area (Å²) in [5.74, 6) is 1.61. The second kappa shape index (κ2) is 3.61. The fourth-order valence-corrected chi connectivity index (χ4v) is 1.16. The summed E-state index contributed by atoms with van der Waals surface area (Å²) in [6.07, 6.45) is 4.92. The largest absolute Gasteiger partial charge is 0.469 e. The lowest BCUT2D eigenvalue weighted by Gasteiger charge is -2.02. The third-order valence-electron chi connectivity index (χ3n) is 1.74. The molecule has 0 aromatic carbocycles. The topological polar surface area (TPSA) is 13.1 Å². The van der Waals surface area contributed by atoms with Crippen LogP contribution in [0.3, 0.4) is 0 Å². The minimum absolute atomic E-state index is 0.562. The molecular formula is C10H15O. The predicted molar refractivity (Wildman–Crippen MR) is 46.5 cm³/mol. The summed E-state index contributed by atoms with van der Waals surface area (Å²) >= 11 is 0. The molecule has 1 radical (unpaired) electrons. The van der Waals surface area contributed by atoms with E-state index in [4.69, 9.17) is 4.42 Å². The quantitative estimate of drug-likeness (QED) is 0.645. The van der Waals surface area contributed by atoms with Gasteiger partial charge in [0.2, 0.25) is 0 Å². The molecule has 0 aliphatic heterocycles. The van der Waals surface area contributed by atoms with Gasteiger partial charge in [-0.05, 0) is 24.0 Å². The second-order valence-electron chi connectivity index (χ2n) is 3.01. The molecule has 0 spiro atoms. The molecule has 1 heterocycles. The van der Waals surface area contributed by atoms with E-state index in [9.17, 15) is 0 Å². The molecule has 11 heavy (non-hydrogen) atoms. The highest BCUT2D eigenvalue weighted by Gasteiger charge is 2.08. The molecule has 0 saturated carbocycles. The van der Waals surface area contributed by atoms with E-state index in [1.807, 2.05) is 6.07 Å². The molecule has 1 heteroatoms. The first kappa shape index (κ1) is 8.38. The molecule has 0 atom stereocenters. The Hall–Kier alpha value is -0.720. The Morgan fingerprint density at radius 2 is 2.27 bits per heavy atom. The highest BCUT2D eigenvalue weighted by Crippen LogP contribution is 2.22. The van der Waals surface area contributed by atoms with Gasteiger partial charge in [-0.25, -0.2) is 0 Å². The standard InChI is InChI=1S/C10H15O/c1-4-5-10-9(8(2)3)6-7-11-10/h5-8H,4H2,1-3H3. The molecule has 1 aromatic rings. The number of furan rings is 1. The highest BCUT2D eigenvalue weighted by molar-refractivity contribution is 5.25. The Labute approximate surface area is 68.4 Å². The molecule has 0 N–H and O–H groups in total. The van der Waals surface area contributed by atoms with Gasteiger partial charge in [-0.3, -0.25) is 0 Å². The lowest BCUT2D eigenvalue weighted by atomic mass is 10.0. The second-order valence-corrected chi connectivity index (χ2v) is 3.01. The van der Waals surface area contributed by atoms with Crippen LogP contribution in [-0.2, 0) is 0 Å². The van der Waals surface area contributed by atoms with Gasteiger partial charge in [0, 0.05) is 6.42 Å². The van der Waals surface area contributed by atoms with E-state index in [0.717, 1.165) is 12.2 Å². The molecule has 0 saturated heterocycles. The zero-order chi connectivity index (χ0) is 8.27. The van der Waals surface area contributed by atoms with Crippen LogP contribution in [0, 0.1) is 6.42 Å². The maximum absolute atomic E-state index is 5.31. The van der Waals surface area contributed by atoms with Gasteiger partial charge in [0.05, 0.1) is 6.26 Å². The lowest BCUT2D eigenvalue weighted by Crippen LogP contribution is -1.88. The summed E-state index contributed by atoms with van der Waals surface area (Å²) in [6.45, 7) is 6.47. The van der Waals surface area contributed by atoms with Crippen LogP contribution in [0.25, 0.3) is 0 Å². The zero-order valence-corrected chi connectivity index (χ0v) is 7.42. The first-order valence-corrected chi connectivity index (χ1v) is 4.16. The van der Waals surface area contributed by atoms with Gasteiger partial charge in [0.1, 0.15) is 5.76 Å². The normalized spacial score (nSPS) is 10.9. The van der Waals surface area contributed by atoms with E-state index in [2.05, 4.69) is 27.2 Å². The molecule has 1 rings (SSSR count). The summed E-state index contributed by atoms with van der Waals surface area (Å²) in [6, 6.07) is 2.05. The van der Waals surface area contributed by atoms with Gasteiger partial charge in [0.15, 0.2) is 0 Å². The van der Waals surface area contributed by atoms with Crippen molar-refractivity contribution >= 4 is 0 Å². The molecule has 1 aromatic heterocycles. The van der Waals surface area contributed by atoms with Crippen molar-refractivity contribution < 1.29 is 4.42 Å². The van der Waals surface area contributed by atoms with E-state index in [1.165, 1.54) is 5.56 Å². The number of hydrogen-bond acceptors (Lipinski definition) is 1. The number of rotatable bonds is 3. The van der Waals surface area contributed by atoms with E-state index in [-0.39, 0.29) is 0 Å². The van der Waals surface area contributed by atoms with Crippen LogP contribution in [0.15, 0.2) is 16.7 Å². The average Bonchev–Trinajstić information content (AvgIpc) is 2.36. The van der Waals surface area contributed by atoms with E-state index < -0.39 is 0 Å². The summed E-state index contributed by atoms with van der Waals surface area (Å²) < 4.78 is 5.31. The first-order chi connectivity index (χ1) is 5.25. The molecule has 0 unspecified atom stereocenters. The average molecular weight is 151 g/mol. The van der Waals surface area contributed by atoms with Crippen LogP contribution in [0.5, 0.6) is 0 Å². The number of hydrogen-bond donors (Lipinski definition) is 0. The molecule has 0 aliphatic carbocycles. The molecule has 0 fully saturated rings. The van der Waals surface area contributed by atoms with Crippen molar-refractivity contribution in [3.63, 3.8) is 0 Å². The fourth-order valence-electron chi connectivity index (χ4n) is 1.16. The van der Waals surface area contributed by atoms with Gasteiger partial charge in [-0.1, -0.05) is 20.8 Å². The van der Waals surface area contributed by atoms with E-state index in [0.29, 0.717) is 5.92 Å². The lowest BCUT2D eigenvalue weighted by molar-refractivity contribution is 0.530. The van der Waals surface area contributed by atoms with Crippen LogP contribution < -0.4 is 0 Å². The predicted octanol–water partition coefficient (Wildman–Crippen LogP) is 3.37. The van der Waals surface area contributed by atoms with Crippen LogP contribution in [0.1, 0.15) is 44.4 Å². The minimum Gasteiger partial charge on any atom is -0.469 e. The Morgan fingerprint density at radius 3 is 2.82 bits per heavy atom. The van der Waals surface area contributed by atoms with Gasteiger partial charge < -0.3 is 4.42 Å². The van der Waals surface area contributed by atoms with Crippen molar-refractivity contribution in [1.82, 2.24) is 0 Å². The summed E-state index contributed by atoms with van der Waals surface area (Å²) in [5, 5.41) is 0. The molecule has 61 valence electrons. The third kappa shape index (κ3) is 1.86. The maximum Gasteiger partial charge on any atom is 0.110 e. The SMILES string of the molecule is CC[CH]c1occc1C(C)C. The molecule has 0 bridgehead atoms. The fraction of sp³-hybridized carbons (Fsp3) is 0.500. The monoisotopic (exact) mass is 151 g/mol. The van der Waals surface area contributed by atoms with Crippen LogP contribution in [0.2, 0.25) is 0 Å². The van der Waals surface area contributed by atoms with Crippen molar-refractivity contribution in [2.75, 3.05) is 0 Å². The first-order valence-electron chi connectivity index (χ1n) is 4.16. The van der Waals surface area contributed by atoms with Gasteiger partial charge in [0.25, 0.3) is 0 Å². The van der Waals surface area contributed by atoms with Crippen molar-refractivity contribution in [2.24, 2.45) is 0 Å². The Balaban J connectivity index is 2.78. The van der Waals surface area contributed by atoms with Gasteiger partial charge >= 0.3 is 0 Å². The van der Waals surface area contributed by atoms with Crippen molar-refractivity contribution in [2.45, 2.75) is 33.1 Å². The maximum atomic E-state index is 5.31. The summed E-state index contributed by atoms with van der Waals surface area (Å²) in [4.78, 5) is 0. The van der Waals surface area contributed by atoms with Crippen molar-refractivity contribution in [1.29, 1.82) is 0 Å². The smallest absolute Gasteiger partial charge is 0.110 e. The molecule has 0 amide bonds. The Bertz CT molecular complexity index is 210. The van der Waals surface area contributed by atoms with Crippen molar-refractivity contribution in [3.8, 4) is 0 Å². The molecule has 1 nitrogen and oxygen atoms in total. The van der Waals surface area contributed by atoms with Crippen LogP contribution >= 0.6 is 0 Å². The highest BCUT2D eigenvalue weighted by atomic mass is 16.3. The zero-order valence-electron chi connectivity index (χ0n) is 7.42. The minimum atomic E-state index is 0.562. The van der Waals surface area contributed by atoms with Crippen LogP contribution in [-0.4, -0.2) is 0 Å². The Morgan fingerprint density at radius 1 is 1.55 bits per heavy atom. The van der Waals surface area contributed by atoms with E-state index in [1.54, 1.807) is 6.26 Å². The van der Waals surface area contributed by atoms with Gasteiger partial charge in [-0.2, -0.15) is 0 Å². The summed E-state index contributed by atoms with van der Waals surface area (Å²) in [7, 11) is 0. The van der Waals surface area contributed by atoms with Crippen LogP contribution in [0.4, 0.5) is 0 Å². The molecular weight excluding hydrogens is 136 g/mol. The van der Waals surface area contributed by atoms with Crippen molar-refractivity contribution in [3.05, 3.63) is 30.1 Å².